The highest BCUT2D eigenvalue weighted by Gasteiger charge is 2.25. The van der Waals surface area contributed by atoms with Gasteiger partial charge in [0.1, 0.15) is 11.8 Å². The number of rotatable bonds is 14. The lowest BCUT2D eigenvalue weighted by atomic mass is 10.1. The van der Waals surface area contributed by atoms with Gasteiger partial charge in [-0.15, -0.1) is 0 Å². The van der Waals surface area contributed by atoms with Crippen molar-refractivity contribution in [2.45, 2.75) is 32.4 Å². The van der Waals surface area contributed by atoms with Crippen LogP contribution in [0.5, 0.6) is 17.2 Å². The number of hydrogen-bond donors (Lipinski definition) is 3. The van der Waals surface area contributed by atoms with Crippen LogP contribution in [-0.4, -0.2) is 54.5 Å². The molecule has 0 aliphatic heterocycles. The topological polar surface area (TPSA) is 136 Å². The van der Waals surface area contributed by atoms with Crippen molar-refractivity contribution >= 4 is 47.2 Å². The van der Waals surface area contributed by atoms with E-state index in [-0.39, 0.29) is 22.9 Å². The second kappa shape index (κ2) is 15.5. The van der Waals surface area contributed by atoms with Crippen LogP contribution >= 0.6 is 23.2 Å². The van der Waals surface area contributed by atoms with Gasteiger partial charge in [0.15, 0.2) is 24.2 Å². The van der Waals surface area contributed by atoms with Crippen molar-refractivity contribution in [3.63, 3.8) is 0 Å². The Bertz CT molecular complexity index is 1390. The smallest absolute Gasteiger partial charge is 0.341 e. The van der Waals surface area contributed by atoms with Crippen LogP contribution in [-0.2, 0) is 20.8 Å². The summed E-state index contributed by atoms with van der Waals surface area (Å²) in [5.41, 5.74) is 3.84. The Labute approximate surface area is 247 Å². The fourth-order valence-electron chi connectivity index (χ4n) is 3.54. The summed E-state index contributed by atoms with van der Waals surface area (Å²) < 4.78 is 16.4. The minimum atomic E-state index is -1.12. The fourth-order valence-corrected chi connectivity index (χ4v) is 4.00. The van der Waals surface area contributed by atoms with Crippen LogP contribution in [0.25, 0.3) is 0 Å². The number of hydrazone groups is 1. The second-order valence-corrected chi connectivity index (χ2v) is 9.49. The lowest BCUT2D eigenvalue weighted by Gasteiger charge is -2.21. The molecule has 3 rings (SSSR count). The van der Waals surface area contributed by atoms with Crippen molar-refractivity contribution in [1.82, 2.24) is 10.7 Å². The molecule has 10 nitrogen and oxygen atoms in total. The zero-order valence-corrected chi connectivity index (χ0v) is 23.8. The molecule has 3 aromatic rings. The number of carbonyl (C=O) groups is 3. The van der Waals surface area contributed by atoms with Crippen LogP contribution in [0, 0.1) is 0 Å². The highest BCUT2D eigenvalue weighted by molar-refractivity contribution is 6.35. The first kappa shape index (κ1) is 31.3. The van der Waals surface area contributed by atoms with Crippen molar-refractivity contribution in [1.29, 1.82) is 0 Å². The van der Waals surface area contributed by atoms with Crippen LogP contribution in [0.3, 0.4) is 0 Å². The number of ether oxygens (including phenoxy) is 3. The van der Waals surface area contributed by atoms with E-state index in [4.69, 9.17) is 42.5 Å². The summed E-state index contributed by atoms with van der Waals surface area (Å²) in [5, 5.41) is 16.3. The monoisotopic (exact) mass is 601 g/mol. The molecule has 2 amide bonds. The van der Waals surface area contributed by atoms with Gasteiger partial charge in [-0.1, -0.05) is 53.5 Å². The molecule has 0 saturated heterocycles. The molecule has 0 saturated carbocycles. The van der Waals surface area contributed by atoms with E-state index in [0.717, 1.165) is 5.56 Å². The van der Waals surface area contributed by atoms with Gasteiger partial charge < -0.3 is 24.6 Å². The van der Waals surface area contributed by atoms with Gasteiger partial charge in [-0.3, -0.25) is 9.59 Å². The quantitative estimate of drug-likeness (QED) is 0.183. The molecule has 0 aliphatic carbocycles. The lowest BCUT2D eigenvalue weighted by Crippen LogP contribution is -2.50. The number of carboxylic acid groups (broad SMARTS) is 1. The maximum Gasteiger partial charge on any atom is 0.341 e. The molecule has 0 unspecified atom stereocenters. The Morgan fingerprint density at radius 1 is 0.951 bits per heavy atom. The zero-order valence-electron chi connectivity index (χ0n) is 22.3. The van der Waals surface area contributed by atoms with E-state index in [1.54, 1.807) is 37.3 Å². The van der Waals surface area contributed by atoms with Crippen LogP contribution in [0.2, 0.25) is 10.0 Å². The molecule has 0 fully saturated rings. The van der Waals surface area contributed by atoms with E-state index in [0.29, 0.717) is 22.9 Å². The molecule has 216 valence electrons. The first-order valence-corrected chi connectivity index (χ1v) is 13.3. The van der Waals surface area contributed by atoms with Gasteiger partial charge in [0.2, 0.25) is 0 Å². The van der Waals surface area contributed by atoms with E-state index >= 15 is 0 Å². The highest BCUT2D eigenvalue weighted by Crippen LogP contribution is 2.29. The predicted molar refractivity (Wildman–Crippen MR) is 155 cm³/mol. The van der Waals surface area contributed by atoms with Crippen LogP contribution in [0.15, 0.2) is 71.8 Å². The Morgan fingerprint density at radius 2 is 1.68 bits per heavy atom. The molecular weight excluding hydrogens is 573 g/mol. The molecule has 0 radical (unpaired) electrons. The number of aliphatic carboxylic acids is 1. The zero-order chi connectivity index (χ0) is 29.8. The SMILES string of the molecule is CCOc1cc(/C=N\NC(=O)[C@H](Cc2ccccc2)NC(=O)[C@H](C)Oc2ccc(Cl)cc2Cl)ccc1OCC(=O)O. The van der Waals surface area contributed by atoms with Gasteiger partial charge in [0, 0.05) is 11.4 Å². The van der Waals surface area contributed by atoms with E-state index in [1.807, 2.05) is 30.3 Å². The van der Waals surface area contributed by atoms with Crippen molar-refractivity contribution < 1.29 is 33.7 Å². The van der Waals surface area contributed by atoms with Crippen LogP contribution in [0.4, 0.5) is 0 Å². The summed E-state index contributed by atoms with van der Waals surface area (Å²) in [7, 11) is 0. The lowest BCUT2D eigenvalue weighted by molar-refractivity contribution is -0.139. The Morgan fingerprint density at radius 3 is 2.37 bits per heavy atom. The van der Waals surface area contributed by atoms with Crippen molar-refractivity contribution in [2.24, 2.45) is 5.10 Å². The number of nitrogens with zero attached hydrogens (tertiary/aromatic N) is 1. The number of nitrogens with one attached hydrogen (secondary N) is 2. The molecule has 0 aliphatic rings. The Hall–Kier alpha value is -4.28. The summed E-state index contributed by atoms with van der Waals surface area (Å²) in [5.74, 6) is -1.34. The van der Waals surface area contributed by atoms with Crippen molar-refractivity contribution in [3.05, 3.63) is 87.9 Å². The Kier molecular flexibility index (Phi) is 11.8. The minimum absolute atomic E-state index is 0.201. The fraction of sp³-hybridized carbons (Fsp3) is 0.241. The third-order valence-electron chi connectivity index (χ3n) is 5.49. The minimum Gasteiger partial charge on any atom is -0.490 e. The average molecular weight is 602 g/mol. The van der Waals surface area contributed by atoms with E-state index < -0.39 is 36.5 Å². The van der Waals surface area contributed by atoms with Gasteiger partial charge >= 0.3 is 5.97 Å². The molecule has 41 heavy (non-hydrogen) atoms. The maximum atomic E-state index is 13.1. The van der Waals surface area contributed by atoms with E-state index in [2.05, 4.69) is 15.8 Å². The van der Waals surface area contributed by atoms with Crippen LogP contribution in [0.1, 0.15) is 25.0 Å². The summed E-state index contributed by atoms with van der Waals surface area (Å²) in [4.78, 5) is 36.9. The number of benzene rings is 3. The number of carboxylic acids is 1. The first-order chi connectivity index (χ1) is 19.7. The largest absolute Gasteiger partial charge is 0.490 e. The maximum absolute atomic E-state index is 13.1. The highest BCUT2D eigenvalue weighted by atomic mass is 35.5. The summed E-state index contributed by atoms with van der Waals surface area (Å²) >= 11 is 12.1. The molecule has 0 aromatic heterocycles. The number of hydrogen-bond acceptors (Lipinski definition) is 7. The van der Waals surface area contributed by atoms with E-state index in [1.165, 1.54) is 19.2 Å². The first-order valence-electron chi connectivity index (χ1n) is 12.6. The van der Waals surface area contributed by atoms with Gasteiger partial charge in [-0.05, 0) is 61.4 Å². The third-order valence-corrected chi connectivity index (χ3v) is 6.02. The standard InChI is InChI=1S/C29H29Cl2N3O7/c1-3-39-26-14-20(9-11-25(26)40-17-27(35)36)16-32-34-29(38)23(13-19-7-5-4-6-8-19)33-28(37)18(2)41-24-12-10-21(30)15-22(24)31/h4-12,14-16,18,23H,3,13,17H2,1-2H3,(H,33,37)(H,34,38)(H,35,36)/b32-16-/t18-,23-/m0/s1. The van der Waals surface area contributed by atoms with Gasteiger partial charge in [0.05, 0.1) is 17.8 Å². The molecule has 12 heteroatoms. The number of carbonyl (C=O) groups excluding carboxylic acids is 2. The molecule has 3 N–H and O–H groups in total. The molecule has 3 aromatic carbocycles. The van der Waals surface area contributed by atoms with E-state index in [9.17, 15) is 14.4 Å². The average Bonchev–Trinajstić information content (AvgIpc) is 2.94. The molecule has 0 heterocycles. The summed E-state index contributed by atoms with van der Waals surface area (Å²) in [6.45, 7) is 3.12. The van der Waals surface area contributed by atoms with Crippen LogP contribution < -0.4 is 25.0 Å². The Balaban J connectivity index is 1.70. The molecule has 2 atom stereocenters. The van der Waals surface area contributed by atoms with Gasteiger partial charge in [0.25, 0.3) is 11.8 Å². The van der Waals surface area contributed by atoms with Crippen molar-refractivity contribution in [3.8, 4) is 17.2 Å². The summed E-state index contributed by atoms with van der Waals surface area (Å²) in [6.07, 6.45) is 0.617. The van der Waals surface area contributed by atoms with Gasteiger partial charge in [-0.25, -0.2) is 10.2 Å². The number of halogens is 2. The molecule has 0 spiro atoms. The third kappa shape index (κ3) is 10.0. The van der Waals surface area contributed by atoms with Crippen molar-refractivity contribution in [2.75, 3.05) is 13.2 Å². The summed E-state index contributed by atoms with van der Waals surface area (Å²) in [6, 6.07) is 17.6. The molecular formula is C29H29Cl2N3O7. The normalized spacial score (nSPS) is 12.3. The number of amides is 2. The second-order valence-electron chi connectivity index (χ2n) is 8.64. The molecule has 0 bridgehead atoms. The predicted octanol–water partition coefficient (Wildman–Crippen LogP) is 4.50. The van der Waals surface area contributed by atoms with Gasteiger partial charge in [-0.2, -0.15) is 5.10 Å².